The Hall–Kier alpha value is -4.94. The Labute approximate surface area is 293 Å². The molecule has 17 heteroatoms. The van der Waals surface area contributed by atoms with Crippen LogP contribution < -0.4 is 40.0 Å². The summed E-state index contributed by atoms with van der Waals surface area (Å²) in [7, 11) is 1.48. The number of hydrogen-bond donors (Lipinski definition) is 8. The van der Waals surface area contributed by atoms with Gasteiger partial charge in [-0.3, -0.25) is 25.6 Å². The number of carbonyl (C=O) groups excluding carboxylic acids is 3. The third kappa shape index (κ3) is 5.80. The number of nitrogens with zero attached hydrogens (tertiary/aromatic N) is 2. The molecular weight excluding hydrogens is 664 g/mol. The predicted molar refractivity (Wildman–Crippen MR) is 180 cm³/mol. The number of quaternary nitrogens is 2. The van der Waals surface area contributed by atoms with Gasteiger partial charge in [0.25, 0.3) is 11.7 Å². The van der Waals surface area contributed by atoms with E-state index in [0.717, 1.165) is 35.7 Å². The van der Waals surface area contributed by atoms with Crippen LogP contribution in [0.4, 0.5) is 0 Å². The molecule has 1 amide bonds. The fraction of sp³-hybridized carbons (Fsp3) is 0.471. The molecular formula is C34H42N8O9+2. The maximum Gasteiger partial charge on any atom is 0.375 e. The molecule has 1 aromatic rings. The van der Waals surface area contributed by atoms with Crippen molar-refractivity contribution >= 4 is 41.2 Å². The second-order valence-electron chi connectivity index (χ2n) is 13.2. The van der Waals surface area contributed by atoms with Crippen molar-refractivity contribution in [3.63, 3.8) is 0 Å². The highest BCUT2D eigenvalue weighted by molar-refractivity contribution is 6.68. The van der Waals surface area contributed by atoms with Crippen LogP contribution in [0.25, 0.3) is 5.57 Å². The number of allylic oxidation sites excluding steroid dienone is 2. The number of ether oxygens (including phenoxy) is 4. The Bertz CT molecular complexity index is 1840. The zero-order valence-electron chi connectivity index (χ0n) is 28.6. The summed E-state index contributed by atoms with van der Waals surface area (Å²) in [5.41, 5.74) is 0.436. The molecule has 1 fully saturated rings. The number of amides is 1. The second-order valence-corrected chi connectivity index (χ2v) is 13.2. The molecule has 0 spiro atoms. The number of aliphatic imine (C=N–C) groups is 2. The van der Waals surface area contributed by atoms with Crippen molar-refractivity contribution in [3.8, 4) is 17.2 Å². The van der Waals surface area contributed by atoms with Crippen LogP contribution in [0.5, 0.6) is 17.2 Å². The Morgan fingerprint density at radius 3 is 2.76 bits per heavy atom. The lowest BCUT2D eigenvalue weighted by Gasteiger charge is -2.39. The maximum absolute atomic E-state index is 13.3. The first-order chi connectivity index (χ1) is 24.6. The number of amidine groups is 1. The first-order valence-electron chi connectivity index (χ1n) is 17.0. The molecule has 51 heavy (non-hydrogen) atoms. The van der Waals surface area contributed by atoms with Crippen molar-refractivity contribution < 1.29 is 53.3 Å². The molecule has 0 aromatic heterocycles. The Morgan fingerprint density at radius 1 is 1.27 bits per heavy atom. The maximum atomic E-state index is 13.3. The van der Waals surface area contributed by atoms with E-state index in [9.17, 15) is 24.6 Å². The number of esters is 1. The summed E-state index contributed by atoms with van der Waals surface area (Å²) in [5.74, 6) is -0.908. The van der Waals surface area contributed by atoms with E-state index in [-0.39, 0.29) is 66.5 Å². The normalized spacial score (nSPS) is 27.3. The number of aliphatic hydroxyl groups is 2. The molecule has 0 saturated carbocycles. The summed E-state index contributed by atoms with van der Waals surface area (Å²) in [6.07, 6.45) is 6.70. The molecule has 1 aromatic carbocycles. The third-order valence-corrected chi connectivity index (χ3v) is 10.4. The Morgan fingerprint density at radius 2 is 2.06 bits per heavy atom. The van der Waals surface area contributed by atoms with Crippen molar-refractivity contribution in [2.75, 3.05) is 40.0 Å². The fourth-order valence-electron chi connectivity index (χ4n) is 7.79. The third-order valence-electron chi connectivity index (χ3n) is 10.4. The number of methoxy groups -OCH3 is 1. The molecule has 5 atom stereocenters. The first-order valence-corrected chi connectivity index (χ1v) is 17.0. The van der Waals surface area contributed by atoms with Crippen LogP contribution in [0.2, 0.25) is 0 Å². The fourth-order valence-corrected chi connectivity index (χ4v) is 7.79. The lowest BCUT2D eigenvalue weighted by molar-refractivity contribution is -1.05. The van der Waals surface area contributed by atoms with Gasteiger partial charge < -0.3 is 34.5 Å². The van der Waals surface area contributed by atoms with E-state index in [1.807, 2.05) is 6.20 Å². The number of piperidine rings is 1. The van der Waals surface area contributed by atoms with Gasteiger partial charge in [0.2, 0.25) is 17.4 Å². The van der Waals surface area contributed by atoms with E-state index in [1.165, 1.54) is 7.11 Å². The number of aldehydes is 1. The molecule has 5 unspecified atom stereocenters. The number of hydrogen-bond acceptors (Lipinski definition) is 13. The van der Waals surface area contributed by atoms with Crippen LogP contribution in [-0.2, 0) is 32.1 Å². The number of guanidine groups is 1. The number of nitrogens with one attached hydrogen (secondary N) is 6. The molecule has 0 bridgehead atoms. The quantitative estimate of drug-likeness (QED) is 0.0907. The molecule has 6 aliphatic rings. The number of rotatable bonds is 10. The van der Waals surface area contributed by atoms with Crippen molar-refractivity contribution in [1.29, 1.82) is 5.41 Å². The molecule has 270 valence electrons. The summed E-state index contributed by atoms with van der Waals surface area (Å²) >= 11 is 0. The van der Waals surface area contributed by atoms with Crippen LogP contribution in [0.1, 0.15) is 43.4 Å². The number of benzene rings is 1. The topological polar surface area (TPSA) is 222 Å². The van der Waals surface area contributed by atoms with Crippen LogP contribution in [0.15, 0.2) is 39.8 Å². The average Bonchev–Trinajstić information content (AvgIpc) is 3.88. The van der Waals surface area contributed by atoms with E-state index in [2.05, 4.69) is 25.9 Å². The predicted octanol–water partition coefficient (Wildman–Crippen LogP) is -2.96. The molecule has 6 aliphatic heterocycles. The minimum atomic E-state index is -1.21. The van der Waals surface area contributed by atoms with Crippen molar-refractivity contribution in [2.45, 2.75) is 57.7 Å². The van der Waals surface area contributed by atoms with Gasteiger partial charge in [0.1, 0.15) is 41.7 Å². The minimum Gasteiger partial charge on any atom is -0.496 e. The molecule has 7 rings (SSSR count). The van der Waals surface area contributed by atoms with E-state index < -0.39 is 36.5 Å². The highest BCUT2D eigenvalue weighted by Gasteiger charge is 2.49. The van der Waals surface area contributed by atoms with E-state index in [4.69, 9.17) is 24.4 Å². The van der Waals surface area contributed by atoms with Crippen LogP contribution >= 0.6 is 0 Å². The largest absolute Gasteiger partial charge is 0.496 e. The summed E-state index contributed by atoms with van der Waals surface area (Å²) in [6, 6.07) is 0. The van der Waals surface area contributed by atoms with E-state index >= 15 is 0 Å². The van der Waals surface area contributed by atoms with Gasteiger partial charge in [0.05, 0.1) is 43.2 Å². The van der Waals surface area contributed by atoms with E-state index in [1.54, 1.807) is 26.1 Å². The SMILES string of the molecule is CCOC(=O)C1=C(C=O)C(=CC[NH+]2C=CNC2[NH+]2CN=C3C(=O)NC(=N)N=C32)c2c(OC)c3c(c(CO)c2O1)OC(C(C)(O)C1CCNCC1)C3. The molecule has 8 N–H and O–H groups in total. The standard InChI is InChI=1S/C34H40N8O9/c1-4-49-31(46)28-20(14-43)18(7-11-41-12-10-37-33(41)42-16-38-24-29(42)39-32(35)40-30(24)45)23-26(48-3)19-13-22(34(2,47)17-5-8-36-9-6-17)50-25(19)21(15-44)27(23)51-28/h7,10,12,14,17,22,33,36-37,44,47H,4-6,8-9,11,13,15-16H2,1-3H3,(H2,35,40,45)/p+2. The minimum absolute atomic E-state index is 0.0266. The number of aliphatic hydroxyl groups excluding tert-OH is 1. The van der Waals surface area contributed by atoms with Gasteiger partial charge in [-0.1, -0.05) is 0 Å². The summed E-state index contributed by atoms with van der Waals surface area (Å²) in [4.78, 5) is 48.8. The molecule has 0 radical (unpaired) electrons. The smallest absolute Gasteiger partial charge is 0.375 e. The lowest BCUT2D eigenvalue weighted by Crippen LogP contribution is -3.36. The lowest BCUT2D eigenvalue weighted by atomic mass is 9.77. The van der Waals surface area contributed by atoms with Crippen molar-refractivity contribution in [1.82, 2.24) is 16.0 Å². The van der Waals surface area contributed by atoms with Crippen LogP contribution in [0, 0.1) is 11.3 Å². The zero-order chi connectivity index (χ0) is 36.0. The molecule has 6 heterocycles. The summed E-state index contributed by atoms with van der Waals surface area (Å²) < 4.78 is 23.9. The van der Waals surface area contributed by atoms with Crippen LogP contribution in [0.3, 0.4) is 0 Å². The highest BCUT2D eigenvalue weighted by Crippen LogP contribution is 2.55. The Kier molecular flexibility index (Phi) is 9.23. The van der Waals surface area contributed by atoms with E-state index in [0.29, 0.717) is 40.3 Å². The van der Waals surface area contributed by atoms with Gasteiger partial charge in [-0.2, -0.15) is 9.89 Å². The summed E-state index contributed by atoms with van der Waals surface area (Å²) in [6.45, 7) is 4.93. The zero-order valence-corrected chi connectivity index (χ0v) is 28.6. The average molecular weight is 707 g/mol. The number of fused-ring (bicyclic) bond motifs is 3. The van der Waals surface area contributed by atoms with Crippen molar-refractivity contribution in [2.24, 2.45) is 15.9 Å². The van der Waals surface area contributed by atoms with Crippen LogP contribution in [-0.4, -0.2) is 104 Å². The molecule has 1 saturated heterocycles. The van der Waals surface area contributed by atoms with Gasteiger partial charge in [0, 0.05) is 17.6 Å². The Balaban J connectivity index is 1.30. The molecule has 0 aliphatic carbocycles. The van der Waals surface area contributed by atoms with Gasteiger partial charge in [-0.15, -0.1) is 0 Å². The van der Waals surface area contributed by atoms with Gasteiger partial charge in [-0.05, 0) is 51.8 Å². The monoisotopic (exact) mass is 706 g/mol. The number of carbonyl (C=O) groups is 3. The van der Waals surface area contributed by atoms with Crippen molar-refractivity contribution in [3.05, 3.63) is 46.5 Å². The van der Waals surface area contributed by atoms with Gasteiger partial charge in [0.15, 0.2) is 13.0 Å². The summed E-state index contributed by atoms with van der Waals surface area (Å²) in [5, 5.41) is 39.6. The molecule has 17 nitrogen and oxygen atoms in total. The highest BCUT2D eigenvalue weighted by atomic mass is 16.6. The second kappa shape index (κ2) is 13.6. The van der Waals surface area contributed by atoms with Gasteiger partial charge >= 0.3 is 12.3 Å². The van der Waals surface area contributed by atoms with Gasteiger partial charge in [-0.25, -0.2) is 14.7 Å². The first kappa shape index (κ1) is 34.5.